The van der Waals surface area contributed by atoms with Crippen LogP contribution in [0, 0.1) is 6.92 Å². The van der Waals surface area contributed by atoms with Crippen molar-refractivity contribution in [2.75, 3.05) is 17.7 Å². The van der Waals surface area contributed by atoms with Gasteiger partial charge in [0.15, 0.2) is 0 Å². The molecule has 2 amide bonds. The maximum Gasteiger partial charge on any atom is 0.320 e. The van der Waals surface area contributed by atoms with E-state index in [9.17, 15) is 4.79 Å². The van der Waals surface area contributed by atoms with E-state index >= 15 is 0 Å². The van der Waals surface area contributed by atoms with Crippen molar-refractivity contribution in [3.63, 3.8) is 0 Å². The lowest BCUT2D eigenvalue weighted by atomic mass is 10.2. The van der Waals surface area contributed by atoms with Crippen LogP contribution in [0.3, 0.4) is 0 Å². The quantitative estimate of drug-likeness (QED) is 0.752. The van der Waals surface area contributed by atoms with Crippen LogP contribution in [0.2, 0.25) is 5.02 Å². The number of rotatable bonds is 5. The Morgan fingerprint density at radius 2 is 2.04 bits per heavy atom. The van der Waals surface area contributed by atoms with Gasteiger partial charge in [-0.15, -0.1) is 0 Å². The second-order valence-electron chi connectivity index (χ2n) is 5.61. The predicted molar refractivity (Wildman–Crippen MR) is 97.6 cm³/mol. The van der Waals surface area contributed by atoms with E-state index < -0.39 is 0 Å². The lowest BCUT2D eigenvalue weighted by Crippen LogP contribution is -2.34. The van der Waals surface area contributed by atoms with E-state index in [0.717, 1.165) is 16.9 Å². The highest BCUT2D eigenvalue weighted by Gasteiger charge is 2.08. The van der Waals surface area contributed by atoms with Crippen molar-refractivity contribution in [1.82, 2.24) is 10.3 Å². The van der Waals surface area contributed by atoms with Crippen LogP contribution in [-0.4, -0.2) is 24.2 Å². The minimum atomic E-state index is -0.284. The number of halogens is 1. The molecular weight excluding hydrogens is 328 g/mol. The van der Waals surface area contributed by atoms with Crippen molar-refractivity contribution in [1.29, 1.82) is 0 Å². The fraction of sp³-hybridized carbons (Fsp3) is 0.294. The molecule has 0 radical (unpaired) electrons. The summed E-state index contributed by atoms with van der Waals surface area (Å²) in [7, 11) is 1.59. The van der Waals surface area contributed by atoms with Crippen LogP contribution in [-0.2, 0) is 0 Å². The molecule has 0 aliphatic rings. The minimum Gasteiger partial charge on any atom is -0.495 e. The molecule has 1 heterocycles. The van der Waals surface area contributed by atoms with Gasteiger partial charge in [-0.1, -0.05) is 11.6 Å². The van der Waals surface area contributed by atoms with E-state index in [1.807, 2.05) is 32.9 Å². The van der Waals surface area contributed by atoms with Crippen molar-refractivity contribution >= 4 is 34.8 Å². The molecule has 3 N–H and O–H groups in total. The van der Waals surface area contributed by atoms with Gasteiger partial charge in [0, 0.05) is 17.1 Å². The highest BCUT2D eigenvalue weighted by Crippen LogP contribution is 2.32. The molecule has 1 aromatic heterocycles. The Hall–Kier alpha value is -2.47. The summed E-state index contributed by atoms with van der Waals surface area (Å²) in [6.45, 7) is 5.70. The summed E-state index contributed by atoms with van der Waals surface area (Å²) in [6, 6.07) is 6.99. The second kappa shape index (κ2) is 7.88. The SMILES string of the molecule is COc1cc(Cl)c(C)cc1Nc1ccc(NC(=O)NC(C)C)nc1. The molecule has 7 heteroatoms. The number of hydrogen-bond acceptors (Lipinski definition) is 4. The third kappa shape index (κ3) is 4.76. The number of hydrogen-bond donors (Lipinski definition) is 3. The van der Waals surface area contributed by atoms with E-state index in [-0.39, 0.29) is 12.1 Å². The van der Waals surface area contributed by atoms with Gasteiger partial charge in [0.05, 0.1) is 24.7 Å². The second-order valence-corrected chi connectivity index (χ2v) is 6.02. The normalized spacial score (nSPS) is 10.4. The van der Waals surface area contributed by atoms with Gasteiger partial charge in [0.2, 0.25) is 0 Å². The summed E-state index contributed by atoms with van der Waals surface area (Å²) in [6.07, 6.45) is 1.63. The fourth-order valence-electron chi connectivity index (χ4n) is 2.04. The van der Waals surface area contributed by atoms with Crippen LogP contribution >= 0.6 is 11.6 Å². The molecular formula is C17H21ClN4O2. The molecule has 0 aliphatic heterocycles. The van der Waals surface area contributed by atoms with Crippen molar-refractivity contribution in [3.8, 4) is 5.75 Å². The van der Waals surface area contributed by atoms with Gasteiger partial charge < -0.3 is 15.4 Å². The molecule has 2 aromatic rings. The molecule has 0 fully saturated rings. The van der Waals surface area contributed by atoms with Gasteiger partial charge in [-0.25, -0.2) is 9.78 Å². The molecule has 0 aliphatic carbocycles. The van der Waals surface area contributed by atoms with Crippen molar-refractivity contribution in [2.24, 2.45) is 0 Å². The number of aromatic nitrogens is 1. The van der Waals surface area contributed by atoms with Crippen LogP contribution in [0.5, 0.6) is 5.75 Å². The standard InChI is InChI=1S/C17H21ClN4O2/c1-10(2)20-17(23)22-16-6-5-12(9-19-16)21-14-7-11(3)13(18)8-15(14)24-4/h5-10,21H,1-4H3,(H2,19,20,22,23). The summed E-state index contributed by atoms with van der Waals surface area (Å²) in [4.78, 5) is 15.9. The number of nitrogens with zero attached hydrogens (tertiary/aromatic N) is 1. The average Bonchev–Trinajstić information content (AvgIpc) is 2.51. The summed E-state index contributed by atoms with van der Waals surface area (Å²) < 4.78 is 5.33. The number of carbonyl (C=O) groups excluding carboxylic acids is 1. The molecule has 0 atom stereocenters. The number of nitrogens with one attached hydrogen (secondary N) is 3. The number of carbonyl (C=O) groups is 1. The van der Waals surface area contributed by atoms with Crippen molar-refractivity contribution in [2.45, 2.75) is 26.8 Å². The molecule has 6 nitrogen and oxygen atoms in total. The first kappa shape index (κ1) is 17.9. The van der Waals surface area contributed by atoms with Gasteiger partial charge in [-0.05, 0) is 44.5 Å². The average molecular weight is 349 g/mol. The molecule has 1 aromatic carbocycles. The van der Waals surface area contributed by atoms with Gasteiger partial charge in [0.1, 0.15) is 11.6 Å². The molecule has 128 valence electrons. The largest absolute Gasteiger partial charge is 0.495 e. The number of ether oxygens (including phenoxy) is 1. The predicted octanol–water partition coefficient (Wildman–Crippen LogP) is 4.33. The van der Waals surface area contributed by atoms with E-state index in [2.05, 4.69) is 20.9 Å². The summed E-state index contributed by atoms with van der Waals surface area (Å²) in [5, 5.41) is 9.28. The summed E-state index contributed by atoms with van der Waals surface area (Å²) in [5.41, 5.74) is 2.50. The van der Waals surface area contributed by atoms with Crippen LogP contribution in [0.15, 0.2) is 30.5 Å². The van der Waals surface area contributed by atoms with Gasteiger partial charge in [-0.2, -0.15) is 0 Å². The Labute approximate surface area is 146 Å². The molecule has 0 saturated heterocycles. The Morgan fingerprint density at radius 3 is 2.62 bits per heavy atom. The lowest BCUT2D eigenvalue weighted by molar-refractivity contribution is 0.250. The Morgan fingerprint density at radius 1 is 1.29 bits per heavy atom. The lowest BCUT2D eigenvalue weighted by Gasteiger charge is -2.13. The molecule has 2 rings (SSSR count). The third-order valence-corrected chi connectivity index (χ3v) is 3.59. The number of aryl methyl sites for hydroxylation is 1. The Bertz CT molecular complexity index is 717. The first-order chi connectivity index (χ1) is 11.4. The third-order valence-electron chi connectivity index (χ3n) is 3.18. The highest BCUT2D eigenvalue weighted by molar-refractivity contribution is 6.31. The van der Waals surface area contributed by atoms with Gasteiger partial charge >= 0.3 is 6.03 Å². The Kier molecular flexibility index (Phi) is 5.87. The molecule has 0 unspecified atom stereocenters. The topological polar surface area (TPSA) is 75.3 Å². The zero-order chi connectivity index (χ0) is 17.7. The maximum absolute atomic E-state index is 11.6. The molecule has 0 spiro atoms. The van der Waals surface area contributed by atoms with E-state index in [0.29, 0.717) is 16.6 Å². The highest BCUT2D eigenvalue weighted by atomic mass is 35.5. The zero-order valence-electron chi connectivity index (χ0n) is 14.1. The van der Waals surface area contributed by atoms with Crippen molar-refractivity contribution < 1.29 is 9.53 Å². The summed E-state index contributed by atoms with van der Waals surface area (Å²) in [5.74, 6) is 1.11. The first-order valence-corrected chi connectivity index (χ1v) is 7.91. The number of pyridine rings is 1. The zero-order valence-corrected chi connectivity index (χ0v) is 14.9. The molecule has 0 bridgehead atoms. The summed E-state index contributed by atoms with van der Waals surface area (Å²) >= 11 is 6.11. The van der Waals surface area contributed by atoms with E-state index in [1.54, 1.807) is 25.4 Å². The number of methoxy groups -OCH3 is 1. The van der Waals surface area contributed by atoms with Crippen molar-refractivity contribution in [3.05, 3.63) is 41.0 Å². The van der Waals surface area contributed by atoms with Crippen LogP contribution in [0.25, 0.3) is 0 Å². The number of amides is 2. The van der Waals surface area contributed by atoms with Gasteiger partial charge in [0.25, 0.3) is 0 Å². The number of urea groups is 1. The van der Waals surface area contributed by atoms with Crippen LogP contribution in [0.4, 0.5) is 22.0 Å². The van der Waals surface area contributed by atoms with Crippen LogP contribution in [0.1, 0.15) is 19.4 Å². The molecule has 0 saturated carbocycles. The monoisotopic (exact) mass is 348 g/mol. The molecule has 24 heavy (non-hydrogen) atoms. The maximum atomic E-state index is 11.6. The minimum absolute atomic E-state index is 0.0616. The fourth-order valence-corrected chi connectivity index (χ4v) is 2.20. The number of anilines is 3. The van der Waals surface area contributed by atoms with Gasteiger partial charge in [-0.3, -0.25) is 5.32 Å². The van der Waals surface area contributed by atoms with E-state index in [4.69, 9.17) is 16.3 Å². The smallest absolute Gasteiger partial charge is 0.320 e. The first-order valence-electron chi connectivity index (χ1n) is 7.53. The van der Waals surface area contributed by atoms with Crippen LogP contribution < -0.4 is 20.7 Å². The van der Waals surface area contributed by atoms with E-state index in [1.165, 1.54) is 0 Å². The Balaban J connectivity index is 2.09. The number of benzene rings is 1.